The zero-order valence-corrected chi connectivity index (χ0v) is 21.5. The van der Waals surface area contributed by atoms with E-state index in [2.05, 4.69) is 10.3 Å². The van der Waals surface area contributed by atoms with Crippen molar-refractivity contribution in [2.45, 2.75) is 68.2 Å². The summed E-state index contributed by atoms with van der Waals surface area (Å²) in [6.07, 6.45) is -1.64. The number of rotatable bonds is 7. The number of likely N-dealkylation sites (tertiary alicyclic amines) is 1. The summed E-state index contributed by atoms with van der Waals surface area (Å²) in [5.74, 6) is -1.96. The molecule has 2 aliphatic rings. The predicted molar refractivity (Wildman–Crippen MR) is 128 cm³/mol. The van der Waals surface area contributed by atoms with Gasteiger partial charge in [0.15, 0.2) is 0 Å². The number of alkyl halides is 3. The number of halogens is 5. The van der Waals surface area contributed by atoms with Crippen LogP contribution < -0.4 is 5.32 Å². The van der Waals surface area contributed by atoms with Crippen LogP contribution in [0.25, 0.3) is 0 Å². The van der Waals surface area contributed by atoms with Crippen LogP contribution in [-0.2, 0) is 21.4 Å². The molecule has 1 N–H and O–H groups in total. The van der Waals surface area contributed by atoms with Crippen LogP contribution in [-0.4, -0.2) is 66.4 Å². The van der Waals surface area contributed by atoms with E-state index in [1.165, 1.54) is 11.0 Å². The third kappa shape index (κ3) is 6.49. The van der Waals surface area contributed by atoms with Gasteiger partial charge in [0.2, 0.25) is 15.9 Å². The molecule has 38 heavy (non-hydrogen) atoms. The first kappa shape index (κ1) is 28.4. The zero-order chi connectivity index (χ0) is 27.7. The lowest BCUT2D eigenvalue weighted by Crippen LogP contribution is -2.48. The van der Waals surface area contributed by atoms with Gasteiger partial charge >= 0.3 is 6.18 Å². The Labute approximate surface area is 218 Å². The number of sulfonamides is 1. The number of piperidine rings is 1. The summed E-state index contributed by atoms with van der Waals surface area (Å²) in [5.41, 5.74) is 0.692. The molecule has 3 heterocycles. The van der Waals surface area contributed by atoms with Gasteiger partial charge < -0.3 is 5.32 Å². The number of hydrogen-bond donors (Lipinski definition) is 1. The second-order valence-electron chi connectivity index (χ2n) is 9.82. The topological polar surface area (TPSA) is 82.6 Å². The fourth-order valence-electron chi connectivity index (χ4n) is 5.14. The van der Waals surface area contributed by atoms with Crippen molar-refractivity contribution in [3.8, 4) is 0 Å². The van der Waals surface area contributed by atoms with E-state index in [-0.39, 0.29) is 42.4 Å². The normalized spacial score (nSPS) is 22.1. The molecule has 1 amide bonds. The lowest BCUT2D eigenvalue weighted by atomic mass is 9.92. The molecule has 2 fully saturated rings. The summed E-state index contributed by atoms with van der Waals surface area (Å²) < 4.78 is 93.3. The number of nitrogens with one attached hydrogen (secondary N) is 1. The molecule has 2 aliphatic heterocycles. The van der Waals surface area contributed by atoms with Gasteiger partial charge in [-0.25, -0.2) is 17.2 Å². The molecule has 1 aromatic carbocycles. The van der Waals surface area contributed by atoms with Crippen molar-refractivity contribution >= 4 is 15.9 Å². The average molecular weight is 561 g/mol. The van der Waals surface area contributed by atoms with Crippen molar-refractivity contribution < 1.29 is 35.2 Å². The molecule has 2 aromatic rings. The largest absolute Gasteiger partial charge is 0.401 e. The van der Waals surface area contributed by atoms with Crippen LogP contribution in [0.15, 0.2) is 41.4 Å². The van der Waals surface area contributed by atoms with Crippen LogP contribution in [0.5, 0.6) is 0 Å². The molecule has 1 aromatic heterocycles. The third-order valence-corrected chi connectivity index (χ3v) is 9.15. The van der Waals surface area contributed by atoms with Crippen LogP contribution >= 0.6 is 0 Å². The van der Waals surface area contributed by atoms with Gasteiger partial charge in [0.1, 0.15) is 17.7 Å². The van der Waals surface area contributed by atoms with Gasteiger partial charge in [0.25, 0.3) is 0 Å². The number of pyridine rings is 1. The first-order valence-corrected chi connectivity index (χ1v) is 13.8. The van der Waals surface area contributed by atoms with E-state index in [0.29, 0.717) is 25.0 Å². The minimum atomic E-state index is -4.27. The van der Waals surface area contributed by atoms with Crippen molar-refractivity contribution in [3.63, 3.8) is 0 Å². The Hall–Kier alpha value is -2.64. The van der Waals surface area contributed by atoms with Gasteiger partial charge in [-0.2, -0.15) is 17.5 Å². The molecule has 0 aliphatic carbocycles. The number of amides is 1. The number of hydrogen-bond acceptors (Lipinski definition) is 5. The third-order valence-electron chi connectivity index (χ3n) is 7.11. The Kier molecular flexibility index (Phi) is 8.38. The SMILES string of the molecule is C[C@H]1CC[C@@H](C(=O)NCc2cc(C3CCN(CC(F)(F)F)CC3)ncc2F)N1S(=O)(=O)c1ccc(F)cc1. The van der Waals surface area contributed by atoms with Gasteiger partial charge in [-0.15, -0.1) is 0 Å². The second kappa shape index (κ2) is 11.2. The van der Waals surface area contributed by atoms with Crippen LogP contribution in [0.3, 0.4) is 0 Å². The highest BCUT2D eigenvalue weighted by Gasteiger charge is 2.43. The first-order valence-electron chi connectivity index (χ1n) is 12.4. The zero-order valence-electron chi connectivity index (χ0n) is 20.7. The Morgan fingerprint density at radius 2 is 1.74 bits per heavy atom. The molecule has 2 saturated heterocycles. The van der Waals surface area contributed by atoms with E-state index in [1.54, 1.807) is 6.92 Å². The second-order valence-corrected chi connectivity index (χ2v) is 11.7. The van der Waals surface area contributed by atoms with Crippen molar-refractivity contribution in [1.82, 2.24) is 19.5 Å². The summed E-state index contributed by atoms with van der Waals surface area (Å²) in [6, 6.07) is 4.39. The van der Waals surface area contributed by atoms with Crippen LogP contribution in [0.2, 0.25) is 0 Å². The van der Waals surface area contributed by atoms with Crippen LogP contribution in [0, 0.1) is 11.6 Å². The molecule has 0 unspecified atom stereocenters. The predicted octanol–water partition coefficient (Wildman–Crippen LogP) is 3.96. The lowest BCUT2D eigenvalue weighted by molar-refractivity contribution is -0.148. The van der Waals surface area contributed by atoms with Crippen LogP contribution in [0.1, 0.15) is 49.8 Å². The van der Waals surface area contributed by atoms with Crippen molar-refractivity contribution in [1.29, 1.82) is 0 Å². The Balaban J connectivity index is 1.41. The molecular formula is C25H29F5N4O3S. The van der Waals surface area contributed by atoms with Crippen molar-refractivity contribution in [3.05, 3.63) is 59.4 Å². The molecule has 7 nitrogen and oxygen atoms in total. The maximum atomic E-state index is 14.5. The van der Waals surface area contributed by atoms with E-state index in [4.69, 9.17) is 0 Å². The number of carbonyl (C=O) groups is 1. The Bertz CT molecular complexity index is 1250. The standard InChI is InChI=1S/C25H29F5N4O3S/c1-16-2-7-23(34(16)38(36,37)20-5-3-19(26)4-6-20)24(35)32-13-18-12-22(31-14-21(18)27)17-8-10-33(11-9-17)15-25(28,29)30/h3-6,12,14,16-17,23H,2,7-11,13,15H2,1H3,(H,32,35)/t16-,23-/m0/s1. The monoisotopic (exact) mass is 560 g/mol. The molecule has 4 rings (SSSR count). The first-order chi connectivity index (χ1) is 17.8. The Morgan fingerprint density at radius 1 is 1.08 bits per heavy atom. The number of carbonyl (C=O) groups excluding carboxylic acids is 1. The molecule has 0 radical (unpaired) electrons. The minimum Gasteiger partial charge on any atom is -0.351 e. The molecule has 2 atom stereocenters. The summed E-state index contributed by atoms with van der Waals surface area (Å²) in [7, 11) is -4.08. The van der Waals surface area contributed by atoms with E-state index in [0.717, 1.165) is 34.8 Å². The fourth-order valence-corrected chi connectivity index (χ4v) is 6.98. The molecule has 0 saturated carbocycles. The van der Waals surface area contributed by atoms with Gasteiger partial charge in [0, 0.05) is 29.8 Å². The highest BCUT2D eigenvalue weighted by molar-refractivity contribution is 7.89. The van der Waals surface area contributed by atoms with Crippen LogP contribution in [0.4, 0.5) is 22.0 Å². The summed E-state index contributed by atoms with van der Waals surface area (Å²) in [5, 5.41) is 2.62. The smallest absolute Gasteiger partial charge is 0.351 e. The molecule has 0 spiro atoms. The van der Waals surface area contributed by atoms with E-state index in [9.17, 15) is 35.2 Å². The summed E-state index contributed by atoms with van der Waals surface area (Å²) in [4.78, 5) is 18.4. The minimum absolute atomic E-state index is 0.128. The van der Waals surface area contributed by atoms with Gasteiger partial charge in [-0.3, -0.25) is 14.7 Å². The number of nitrogens with zero attached hydrogens (tertiary/aromatic N) is 3. The maximum absolute atomic E-state index is 14.5. The molecular weight excluding hydrogens is 531 g/mol. The highest BCUT2D eigenvalue weighted by atomic mass is 32.2. The Morgan fingerprint density at radius 3 is 2.37 bits per heavy atom. The van der Waals surface area contributed by atoms with E-state index < -0.39 is 52.4 Å². The van der Waals surface area contributed by atoms with Crippen molar-refractivity contribution in [2.24, 2.45) is 0 Å². The molecule has 208 valence electrons. The van der Waals surface area contributed by atoms with Gasteiger partial charge in [0.05, 0.1) is 17.6 Å². The van der Waals surface area contributed by atoms with Gasteiger partial charge in [-0.1, -0.05) is 0 Å². The molecule has 0 bridgehead atoms. The van der Waals surface area contributed by atoms with E-state index >= 15 is 0 Å². The van der Waals surface area contributed by atoms with Crippen molar-refractivity contribution in [2.75, 3.05) is 19.6 Å². The molecule has 13 heteroatoms. The van der Waals surface area contributed by atoms with E-state index in [1.807, 2.05) is 0 Å². The quantitative estimate of drug-likeness (QED) is 0.519. The average Bonchev–Trinajstić information content (AvgIpc) is 3.25. The maximum Gasteiger partial charge on any atom is 0.401 e. The van der Waals surface area contributed by atoms with Gasteiger partial charge in [-0.05, 0) is 76.0 Å². The number of benzene rings is 1. The number of aromatic nitrogens is 1. The lowest BCUT2D eigenvalue weighted by Gasteiger charge is -2.32. The summed E-state index contributed by atoms with van der Waals surface area (Å²) >= 11 is 0. The summed E-state index contributed by atoms with van der Waals surface area (Å²) in [6.45, 7) is 0.994. The fraction of sp³-hybridized carbons (Fsp3) is 0.520. The highest BCUT2D eigenvalue weighted by Crippen LogP contribution is 2.32.